The Kier molecular flexibility index (Phi) is 7.10. The zero-order valence-electron chi connectivity index (χ0n) is 16.4. The van der Waals surface area contributed by atoms with Crippen LogP contribution in [0.15, 0.2) is 18.2 Å². The summed E-state index contributed by atoms with van der Waals surface area (Å²) in [4.78, 5) is 0. The van der Waals surface area contributed by atoms with Gasteiger partial charge < -0.3 is 9.47 Å². The van der Waals surface area contributed by atoms with Crippen molar-refractivity contribution < 1.29 is 27.0 Å². The van der Waals surface area contributed by atoms with Crippen molar-refractivity contribution >= 4 is 0 Å². The van der Waals surface area contributed by atoms with E-state index in [-0.39, 0.29) is 5.75 Å². The molecule has 0 saturated heterocycles. The standard InChI is InChI=1S/C22H30F4O2/c1-2-15-3-7-17(8-4-15)18-9-5-16(6-10-18)14-27-19-11-12-21(20(23)13-19)28-22(24,25)26/h11-13,15-18H,2-10,14H2,1H3/t15-,16?,17-,18?. The van der Waals surface area contributed by atoms with Gasteiger partial charge in [-0.1, -0.05) is 26.2 Å². The second kappa shape index (κ2) is 9.36. The van der Waals surface area contributed by atoms with E-state index >= 15 is 0 Å². The Morgan fingerprint density at radius 2 is 1.46 bits per heavy atom. The van der Waals surface area contributed by atoms with Gasteiger partial charge in [-0.05, 0) is 74.3 Å². The summed E-state index contributed by atoms with van der Waals surface area (Å²) in [6.45, 7) is 2.77. The Morgan fingerprint density at radius 1 is 0.893 bits per heavy atom. The summed E-state index contributed by atoms with van der Waals surface area (Å²) < 4.78 is 59.6. The van der Waals surface area contributed by atoms with E-state index in [1.807, 2.05) is 0 Å². The lowest BCUT2D eigenvalue weighted by atomic mass is 9.69. The van der Waals surface area contributed by atoms with Gasteiger partial charge in [-0.3, -0.25) is 0 Å². The first-order chi connectivity index (χ1) is 13.3. The van der Waals surface area contributed by atoms with Crippen LogP contribution < -0.4 is 9.47 Å². The summed E-state index contributed by atoms with van der Waals surface area (Å²) in [5.41, 5.74) is 0. The molecule has 0 bridgehead atoms. The van der Waals surface area contributed by atoms with Gasteiger partial charge >= 0.3 is 6.36 Å². The van der Waals surface area contributed by atoms with Crippen LogP contribution in [-0.4, -0.2) is 13.0 Å². The van der Waals surface area contributed by atoms with Crippen molar-refractivity contribution in [1.29, 1.82) is 0 Å². The van der Waals surface area contributed by atoms with Crippen LogP contribution in [0.3, 0.4) is 0 Å². The van der Waals surface area contributed by atoms with Crippen LogP contribution >= 0.6 is 0 Å². The lowest BCUT2D eigenvalue weighted by molar-refractivity contribution is -0.275. The topological polar surface area (TPSA) is 18.5 Å². The number of alkyl halides is 3. The highest BCUT2D eigenvalue weighted by atomic mass is 19.4. The molecule has 1 aromatic rings. The number of benzene rings is 1. The lowest BCUT2D eigenvalue weighted by Crippen LogP contribution is -2.27. The highest BCUT2D eigenvalue weighted by Crippen LogP contribution is 2.42. The third-order valence-electron chi connectivity index (χ3n) is 6.64. The van der Waals surface area contributed by atoms with Crippen molar-refractivity contribution in [2.45, 2.75) is 71.1 Å². The van der Waals surface area contributed by atoms with Crippen molar-refractivity contribution in [3.05, 3.63) is 24.0 Å². The van der Waals surface area contributed by atoms with Crippen LogP contribution in [0, 0.1) is 29.5 Å². The van der Waals surface area contributed by atoms with E-state index in [0.717, 1.165) is 42.7 Å². The Morgan fingerprint density at radius 3 is 1.96 bits per heavy atom. The summed E-state index contributed by atoms with van der Waals surface area (Å²) >= 11 is 0. The van der Waals surface area contributed by atoms with Crippen molar-refractivity contribution in [3.63, 3.8) is 0 Å². The monoisotopic (exact) mass is 402 g/mol. The second-order valence-corrected chi connectivity index (χ2v) is 8.42. The van der Waals surface area contributed by atoms with Crippen molar-refractivity contribution in [1.82, 2.24) is 0 Å². The molecule has 2 fully saturated rings. The molecule has 0 atom stereocenters. The molecule has 2 aliphatic carbocycles. The average molecular weight is 402 g/mol. The highest BCUT2D eigenvalue weighted by Gasteiger charge is 2.33. The van der Waals surface area contributed by atoms with Crippen LogP contribution in [-0.2, 0) is 0 Å². The minimum absolute atomic E-state index is 0.243. The maximum absolute atomic E-state index is 13.8. The molecule has 3 rings (SSSR count). The van der Waals surface area contributed by atoms with Gasteiger partial charge in [0.05, 0.1) is 6.61 Å². The Bertz CT molecular complexity index is 615. The minimum atomic E-state index is -4.91. The summed E-state index contributed by atoms with van der Waals surface area (Å²) in [6, 6.07) is 3.24. The molecule has 0 heterocycles. The van der Waals surface area contributed by atoms with Gasteiger partial charge in [-0.2, -0.15) is 0 Å². The fraction of sp³-hybridized carbons (Fsp3) is 0.727. The molecule has 0 aliphatic heterocycles. The zero-order chi connectivity index (χ0) is 20.1. The van der Waals surface area contributed by atoms with E-state index in [0.29, 0.717) is 12.5 Å². The normalized spacial score (nSPS) is 28.8. The van der Waals surface area contributed by atoms with Crippen molar-refractivity contribution in [2.24, 2.45) is 23.7 Å². The fourth-order valence-corrected chi connectivity index (χ4v) is 4.89. The summed E-state index contributed by atoms with van der Waals surface area (Å²) in [5.74, 6) is 1.39. The molecule has 0 radical (unpaired) electrons. The molecule has 28 heavy (non-hydrogen) atoms. The predicted molar refractivity (Wildman–Crippen MR) is 99.8 cm³/mol. The van der Waals surface area contributed by atoms with Gasteiger partial charge in [-0.25, -0.2) is 4.39 Å². The van der Waals surface area contributed by atoms with Crippen LogP contribution in [0.1, 0.15) is 64.7 Å². The Hall–Kier alpha value is -1.46. The molecule has 0 N–H and O–H groups in total. The van der Waals surface area contributed by atoms with Gasteiger partial charge in [0.2, 0.25) is 0 Å². The molecule has 0 amide bonds. The number of halogens is 4. The van der Waals surface area contributed by atoms with E-state index in [1.165, 1.54) is 51.0 Å². The number of hydrogen-bond acceptors (Lipinski definition) is 2. The molecule has 0 spiro atoms. The highest BCUT2D eigenvalue weighted by molar-refractivity contribution is 5.33. The maximum Gasteiger partial charge on any atom is 0.573 e. The molecule has 2 saturated carbocycles. The lowest BCUT2D eigenvalue weighted by Gasteiger charge is -2.37. The fourth-order valence-electron chi connectivity index (χ4n) is 4.89. The Labute approximate surface area is 164 Å². The van der Waals surface area contributed by atoms with E-state index in [4.69, 9.17) is 4.74 Å². The largest absolute Gasteiger partial charge is 0.573 e. The molecule has 6 heteroatoms. The van der Waals surface area contributed by atoms with Crippen LogP contribution in [0.4, 0.5) is 17.6 Å². The number of rotatable bonds is 6. The van der Waals surface area contributed by atoms with Gasteiger partial charge in [-0.15, -0.1) is 13.2 Å². The number of hydrogen-bond donors (Lipinski definition) is 0. The Balaban J connectivity index is 1.41. The van der Waals surface area contributed by atoms with Crippen LogP contribution in [0.2, 0.25) is 0 Å². The number of ether oxygens (including phenoxy) is 2. The van der Waals surface area contributed by atoms with Crippen molar-refractivity contribution in [3.8, 4) is 11.5 Å². The van der Waals surface area contributed by atoms with Gasteiger partial charge in [0.25, 0.3) is 0 Å². The van der Waals surface area contributed by atoms with Gasteiger partial charge in [0.1, 0.15) is 5.75 Å². The molecule has 0 aromatic heterocycles. The molecule has 158 valence electrons. The van der Waals surface area contributed by atoms with Crippen LogP contribution in [0.5, 0.6) is 11.5 Å². The maximum atomic E-state index is 13.8. The first-order valence-corrected chi connectivity index (χ1v) is 10.5. The molecule has 1 aromatic carbocycles. The molecular formula is C22H30F4O2. The third kappa shape index (κ3) is 6.02. The van der Waals surface area contributed by atoms with Gasteiger partial charge in [0.15, 0.2) is 11.6 Å². The summed E-state index contributed by atoms with van der Waals surface area (Å²) in [7, 11) is 0. The van der Waals surface area contributed by atoms with E-state index in [2.05, 4.69) is 11.7 Å². The van der Waals surface area contributed by atoms with Gasteiger partial charge in [0, 0.05) is 6.07 Å². The van der Waals surface area contributed by atoms with E-state index in [1.54, 1.807) is 0 Å². The summed E-state index contributed by atoms with van der Waals surface area (Å²) in [5, 5.41) is 0. The third-order valence-corrected chi connectivity index (χ3v) is 6.64. The van der Waals surface area contributed by atoms with E-state index < -0.39 is 17.9 Å². The smallest absolute Gasteiger partial charge is 0.493 e. The first-order valence-electron chi connectivity index (χ1n) is 10.5. The zero-order valence-corrected chi connectivity index (χ0v) is 16.4. The molecule has 0 unspecified atom stereocenters. The predicted octanol–water partition coefficient (Wildman–Crippen LogP) is 7.13. The van der Waals surface area contributed by atoms with E-state index in [9.17, 15) is 17.6 Å². The molecule has 2 aliphatic rings. The summed E-state index contributed by atoms with van der Waals surface area (Å²) in [6.07, 6.45) is 6.56. The second-order valence-electron chi connectivity index (χ2n) is 8.42. The first kappa shape index (κ1) is 21.3. The SMILES string of the molecule is CC[C@H]1CC[C@H](C2CCC(COc3ccc(OC(F)(F)F)c(F)c3)CC2)CC1. The molecule has 2 nitrogen and oxygen atoms in total. The molecular weight excluding hydrogens is 372 g/mol. The minimum Gasteiger partial charge on any atom is -0.493 e. The van der Waals surface area contributed by atoms with Crippen LogP contribution in [0.25, 0.3) is 0 Å². The average Bonchev–Trinajstić information content (AvgIpc) is 2.68. The quantitative estimate of drug-likeness (QED) is 0.471. The van der Waals surface area contributed by atoms with Crippen molar-refractivity contribution in [2.75, 3.05) is 6.61 Å².